The number of hydrogen-bond donors (Lipinski definition) is 1. The first-order valence-electron chi connectivity index (χ1n) is 9.11. The minimum absolute atomic E-state index is 0.00126. The minimum atomic E-state index is -4.32. The number of ether oxygens (including phenoxy) is 1. The standard InChI is InChI=1S/C19H23F3N2O3/c1-27-14-8-6-13(7-9-14)24-11-12(10-17(24)25)18(26)23-16-5-3-2-4-15(16)19(20,21)22/h6-9,12,15-16H,2-5,10-11H2,1H3,(H,23,26)/t12-,15+,16+/m1/s1. The van der Waals surface area contributed by atoms with E-state index in [9.17, 15) is 22.8 Å². The molecule has 3 atom stereocenters. The van der Waals surface area contributed by atoms with E-state index in [1.54, 1.807) is 24.3 Å². The first-order valence-corrected chi connectivity index (χ1v) is 9.11. The summed E-state index contributed by atoms with van der Waals surface area (Å²) in [6, 6.07) is 5.96. The molecule has 1 saturated carbocycles. The lowest BCUT2D eigenvalue weighted by Crippen LogP contribution is -2.49. The molecule has 2 fully saturated rings. The second-order valence-electron chi connectivity index (χ2n) is 7.15. The number of alkyl halides is 3. The molecule has 1 aliphatic carbocycles. The third-order valence-electron chi connectivity index (χ3n) is 5.39. The van der Waals surface area contributed by atoms with Crippen LogP contribution >= 0.6 is 0 Å². The molecule has 1 aromatic rings. The van der Waals surface area contributed by atoms with Gasteiger partial charge in [-0.05, 0) is 37.1 Å². The van der Waals surface area contributed by atoms with Crippen molar-refractivity contribution in [2.75, 3.05) is 18.6 Å². The van der Waals surface area contributed by atoms with Crippen molar-refractivity contribution >= 4 is 17.5 Å². The molecule has 2 amide bonds. The van der Waals surface area contributed by atoms with Crippen LogP contribution in [0.15, 0.2) is 24.3 Å². The van der Waals surface area contributed by atoms with Gasteiger partial charge in [-0.15, -0.1) is 0 Å². The van der Waals surface area contributed by atoms with Gasteiger partial charge < -0.3 is 15.0 Å². The molecule has 5 nitrogen and oxygen atoms in total. The molecule has 1 aliphatic heterocycles. The number of carbonyl (C=O) groups excluding carboxylic acids is 2. The zero-order valence-electron chi connectivity index (χ0n) is 15.1. The molecule has 0 unspecified atom stereocenters. The van der Waals surface area contributed by atoms with Crippen molar-refractivity contribution < 1.29 is 27.5 Å². The fourth-order valence-corrected chi connectivity index (χ4v) is 3.89. The summed E-state index contributed by atoms with van der Waals surface area (Å²) in [5, 5.41) is 2.57. The Hall–Kier alpha value is -2.25. The molecule has 1 aromatic carbocycles. The summed E-state index contributed by atoms with van der Waals surface area (Å²) < 4.78 is 44.7. The molecule has 8 heteroatoms. The van der Waals surface area contributed by atoms with E-state index in [1.165, 1.54) is 12.0 Å². The van der Waals surface area contributed by atoms with E-state index in [0.717, 1.165) is 0 Å². The van der Waals surface area contributed by atoms with Gasteiger partial charge in [0.2, 0.25) is 11.8 Å². The van der Waals surface area contributed by atoms with Gasteiger partial charge in [0.25, 0.3) is 0 Å². The van der Waals surface area contributed by atoms with Crippen molar-refractivity contribution in [3.8, 4) is 5.75 Å². The Morgan fingerprint density at radius 2 is 1.85 bits per heavy atom. The monoisotopic (exact) mass is 384 g/mol. The average Bonchev–Trinajstić information content (AvgIpc) is 3.03. The highest BCUT2D eigenvalue weighted by molar-refractivity contribution is 6.00. The molecule has 0 bridgehead atoms. The van der Waals surface area contributed by atoms with Crippen molar-refractivity contribution in [2.45, 2.75) is 44.3 Å². The number of halogens is 3. The van der Waals surface area contributed by atoms with Gasteiger partial charge >= 0.3 is 6.18 Å². The van der Waals surface area contributed by atoms with Crippen LogP contribution in [0.4, 0.5) is 18.9 Å². The minimum Gasteiger partial charge on any atom is -0.497 e. The molecule has 0 aromatic heterocycles. The maximum absolute atomic E-state index is 13.2. The summed E-state index contributed by atoms with van der Waals surface area (Å²) in [6.07, 6.45) is -2.78. The highest BCUT2D eigenvalue weighted by Crippen LogP contribution is 2.38. The molecular weight excluding hydrogens is 361 g/mol. The van der Waals surface area contributed by atoms with Gasteiger partial charge in [0.1, 0.15) is 5.75 Å². The third kappa shape index (κ3) is 4.36. The van der Waals surface area contributed by atoms with Crippen LogP contribution in [-0.4, -0.2) is 37.7 Å². The summed E-state index contributed by atoms with van der Waals surface area (Å²) in [5.74, 6) is -2.19. The largest absolute Gasteiger partial charge is 0.497 e. The number of rotatable bonds is 4. The Bertz CT molecular complexity index is 690. The number of hydrogen-bond acceptors (Lipinski definition) is 3. The number of nitrogens with one attached hydrogen (secondary N) is 1. The Balaban J connectivity index is 1.64. The summed E-state index contributed by atoms with van der Waals surface area (Å²) in [5.41, 5.74) is 0.641. The van der Waals surface area contributed by atoms with Gasteiger partial charge in [-0.1, -0.05) is 12.8 Å². The van der Waals surface area contributed by atoms with E-state index < -0.39 is 30.0 Å². The van der Waals surface area contributed by atoms with E-state index in [4.69, 9.17) is 4.74 Å². The zero-order valence-corrected chi connectivity index (χ0v) is 15.1. The van der Waals surface area contributed by atoms with Crippen LogP contribution in [0.25, 0.3) is 0 Å². The summed E-state index contributed by atoms with van der Waals surface area (Å²) >= 11 is 0. The van der Waals surface area contributed by atoms with E-state index in [1.807, 2.05) is 0 Å². The van der Waals surface area contributed by atoms with Gasteiger partial charge in [-0.2, -0.15) is 13.2 Å². The second kappa shape index (κ2) is 7.78. The Morgan fingerprint density at radius 1 is 1.19 bits per heavy atom. The number of carbonyl (C=O) groups is 2. The van der Waals surface area contributed by atoms with E-state index in [-0.39, 0.29) is 25.3 Å². The highest BCUT2D eigenvalue weighted by atomic mass is 19.4. The summed E-state index contributed by atoms with van der Waals surface area (Å²) in [6.45, 7) is 0.167. The quantitative estimate of drug-likeness (QED) is 0.867. The number of benzene rings is 1. The van der Waals surface area contributed by atoms with Crippen molar-refractivity contribution in [2.24, 2.45) is 11.8 Å². The molecule has 3 rings (SSSR count). The van der Waals surface area contributed by atoms with Crippen LogP contribution in [0, 0.1) is 11.8 Å². The maximum atomic E-state index is 13.2. The second-order valence-corrected chi connectivity index (χ2v) is 7.15. The SMILES string of the molecule is COc1ccc(N2C[C@H](C(=O)N[C@H]3CCCC[C@@H]3C(F)(F)F)CC2=O)cc1. The summed E-state index contributed by atoms with van der Waals surface area (Å²) in [7, 11) is 1.54. The molecule has 148 valence electrons. The van der Waals surface area contributed by atoms with E-state index in [0.29, 0.717) is 30.7 Å². The summed E-state index contributed by atoms with van der Waals surface area (Å²) in [4.78, 5) is 26.3. The van der Waals surface area contributed by atoms with Gasteiger partial charge in [0.15, 0.2) is 0 Å². The molecule has 2 aliphatic rings. The van der Waals surface area contributed by atoms with Crippen molar-refractivity contribution in [1.29, 1.82) is 0 Å². The topological polar surface area (TPSA) is 58.6 Å². The number of methoxy groups -OCH3 is 1. The number of nitrogens with zero attached hydrogens (tertiary/aromatic N) is 1. The molecule has 0 spiro atoms. The lowest BCUT2D eigenvalue weighted by atomic mass is 9.83. The number of anilines is 1. The van der Waals surface area contributed by atoms with Crippen LogP contribution in [0.1, 0.15) is 32.1 Å². The maximum Gasteiger partial charge on any atom is 0.393 e. The zero-order chi connectivity index (χ0) is 19.6. The van der Waals surface area contributed by atoms with Crippen LogP contribution in [-0.2, 0) is 9.59 Å². The average molecular weight is 384 g/mol. The van der Waals surface area contributed by atoms with Crippen molar-refractivity contribution in [1.82, 2.24) is 5.32 Å². The molecule has 1 saturated heterocycles. The van der Waals surface area contributed by atoms with E-state index in [2.05, 4.69) is 5.32 Å². The van der Waals surface area contributed by atoms with Crippen LogP contribution in [0.3, 0.4) is 0 Å². The molecular formula is C19H23F3N2O3. The smallest absolute Gasteiger partial charge is 0.393 e. The predicted octanol–water partition coefficient (Wildman–Crippen LogP) is 3.29. The van der Waals surface area contributed by atoms with Crippen LogP contribution in [0.2, 0.25) is 0 Å². The number of amides is 2. The first kappa shape index (κ1) is 19.5. The van der Waals surface area contributed by atoms with Gasteiger partial charge in [0.05, 0.1) is 18.9 Å². The molecule has 1 heterocycles. The van der Waals surface area contributed by atoms with Crippen molar-refractivity contribution in [3.05, 3.63) is 24.3 Å². The highest BCUT2D eigenvalue weighted by Gasteiger charge is 2.47. The lowest BCUT2D eigenvalue weighted by Gasteiger charge is -2.34. The predicted molar refractivity (Wildman–Crippen MR) is 93.4 cm³/mol. The molecule has 0 radical (unpaired) electrons. The van der Waals surface area contributed by atoms with Gasteiger partial charge in [-0.25, -0.2) is 0 Å². The first-order chi connectivity index (χ1) is 12.8. The van der Waals surface area contributed by atoms with E-state index >= 15 is 0 Å². The fourth-order valence-electron chi connectivity index (χ4n) is 3.89. The Labute approximate surface area is 155 Å². The van der Waals surface area contributed by atoms with Gasteiger partial charge in [-0.3, -0.25) is 9.59 Å². The van der Waals surface area contributed by atoms with Crippen molar-refractivity contribution in [3.63, 3.8) is 0 Å². The third-order valence-corrected chi connectivity index (χ3v) is 5.39. The Morgan fingerprint density at radius 3 is 2.48 bits per heavy atom. The fraction of sp³-hybridized carbons (Fsp3) is 0.579. The molecule has 1 N–H and O–H groups in total. The van der Waals surface area contributed by atoms with Gasteiger partial charge in [0, 0.05) is 24.7 Å². The van der Waals surface area contributed by atoms with Crippen LogP contribution in [0.5, 0.6) is 5.75 Å². The lowest BCUT2D eigenvalue weighted by molar-refractivity contribution is -0.189. The normalized spacial score (nSPS) is 26.1. The van der Waals surface area contributed by atoms with Crippen LogP contribution < -0.4 is 15.0 Å². The Kier molecular flexibility index (Phi) is 5.62. The molecule has 27 heavy (non-hydrogen) atoms.